The van der Waals surface area contributed by atoms with Gasteiger partial charge in [0.15, 0.2) is 0 Å². The van der Waals surface area contributed by atoms with Crippen molar-refractivity contribution in [3.63, 3.8) is 0 Å². The van der Waals surface area contributed by atoms with Crippen LogP contribution in [0.4, 0.5) is 0 Å². The largest absolute Gasteiger partial charge is 0.396 e. The molecule has 0 bridgehead atoms. The van der Waals surface area contributed by atoms with E-state index >= 15 is 0 Å². The summed E-state index contributed by atoms with van der Waals surface area (Å²) in [6.45, 7) is 8.53. The lowest BCUT2D eigenvalue weighted by atomic mass is 9.60. The van der Waals surface area contributed by atoms with Crippen LogP contribution in [0.15, 0.2) is 0 Å². The lowest BCUT2D eigenvalue weighted by Crippen LogP contribution is -2.53. The Kier molecular flexibility index (Phi) is 4.42. The second-order valence-corrected chi connectivity index (χ2v) is 6.11. The van der Waals surface area contributed by atoms with E-state index in [1.807, 2.05) is 6.92 Å². The summed E-state index contributed by atoms with van der Waals surface area (Å²) in [7, 11) is 0. The minimum Gasteiger partial charge on any atom is -0.396 e. The minimum absolute atomic E-state index is 0.0813. The fraction of sp³-hybridized carbons (Fsp3) is 1.00. The van der Waals surface area contributed by atoms with Crippen LogP contribution in [-0.2, 0) is 0 Å². The predicted molar refractivity (Wildman–Crippen MR) is 67.2 cm³/mol. The predicted octanol–water partition coefficient (Wildman–Crippen LogP) is 2.97. The van der Waals surface area contributed by atoms with Gasteiger partial charge in [0.2, 0.25) is 0 Å². The maximum absolute atomic E-state index is 10.8. The van der Waals surface area contributed by atoms with Crippen LogP contribution in [0, 0.1) is 17.3 Å². The number of aliphatic hydroxyl groups is 2. The van der Waals surface area contributed by atoms with E-state index in [0.29, 0.717) is 5.92 Å². The Morgan fingerprint density at radius 1 is 1.31 bits per heavy atom. The summed E-state index contributed by atoms with van der Waals surface area (Å²) in [5.74, 6) is 1.08. The summed E-state index contributed by atoms with van der Waals surface area (Å²) in [5.41, 5.74) is -1.02. The van der Waals surface area contributed by atoms with Crippen LogP contribution in [-0.4, -0.2) is 22.4 Å². The van der Waals surface area contributed by atoms with Gasteiger partial charge in [-0.3, -0.25) is 0 Å². The molecule has 0 aromatic rings. The van der Waals surface area contributed by atoms with Gasteiger partial charge in [0, 0.05) is 5.41 Å². The van der Waals surface area contributed by atoms with E-state index in [-0.39, 0.29) is 12.0 Å². The Bertz CT molecular complexity index is 217. The first-order valence-electron chi connectivity index (χ1n) is 6.73. The monoisotopic (exact) mass is 228 g/mol. The van der Waals surface area contributed by atoms with Crippen LogP contribution in [0.3, 0.4) is 0 Å². The third-order valence-electron chi connectivity index (χ3n) is 5.18. The molecule has 1 aliphatic rings. The van der Waals surface area contributed by atoms with E-state index in [2.05, 4.69) is 20.8 Å². The molecule has 1 rings (SSSR count). The molecule has 2 nitrogen and oxygen atoms in total. The molecular formula is C14H28O2. The van der Waals surface area contributed by atoms with Crippen molar-refractivity contribution in [1.82, 2.24) is 0 Å². The molecule has 0 spiro atoms. The lowest BCUT2D eigenvalue weighted by molar-refractivity contribution is -0.148. The van der Waals surface area contributed by atoms with Crippen molar-refractivity contribution in [2.24, 2.45) is 17.3 Å². The molecule has 1 unspecified atom stereocenters. The van der Waals surface area contributed by atoms with Crippen LogP contribution in [0.2, 0.25) is 0 Å². The molecule has 1 aliphatic carbocycles. The van der Waals surface area contributed by atoms with Gasteiger partial charge in [-0.25, -0.2) is 0 Å². The van der Waals surface area contributed by atoms with Crippen molar-refractivity contribution in [1.29, 1.82) is 0 Å². The van der Waals surface area contributed by atoms with Crippen molar-refractivity contribution < 1.29 is 10.2 Å². The molecule has 2 N–H and O–H groups in total. The minimum atomic E-state index is -0.665. The van der Waals surface area contributed by atoms with Crippen LogP contribution in [0.25, 0.3) is 0 Å². The molecule has 1 saturated carbocycles. The fourth-order valence-corrected chi connectivity index (χ4v) is 3.00. The maximum Gasteiger partial charge on any atom is 0.0725 e. The summed E-state index contributed by atoms with van der Waals surface area (Å²) in [6.07, 6.45) is 5.12. The van der Waals surface area contributed by atoms with Gasteiger partial charge in [0.05, 0.1) is 12.2 Å². The van der Waals surface area contributed by atoms with E-state index in [9.17, 15) is 10.2 Å². The van der Waals surface area contributed by atoms with E-state index < -0.39 is 5.60 Å². The molecule has 0 heterocycles. The van der Waals surface area contributed by atoms with E-state index in [0.717, 1.165) is 31.6 Å². The van der Waals surface area contributed by atoms with Crippen LogP contribution in [0.5, 0.6) is 0 Å². The van der Waals surface area contributed by atoms with Gasteiger partial charge in [0.1, 0.15) is 0 Å². The summed E-state index contributed by atoms with van der Waals surface area (Å²) in [5, 5.41) is 20.5. The Hall–Kier alpha value is -0.0800. The number of hydrogen-bond donors (Lipinski definition) is 2. The number of aliphatic hydroxyl groups excluding tert-OH is 1. The Morgan fingerprint density at radius 2 is 1.81 bits per heavy atom. The summed E-state index contributed by atoms with van der Waals surface area (Å²) in [4.78, 5) is 0. The molecule has 0 saturated heterocycles. The van der Waals surface area contributed by atoms with Crippen LogP contribution < -0.4 is 0 Å². The smallest absolute Gasteiger partial charge is 0.0725 e. The fourth-order valence-electron chi connectivity index (χ4n) is 3.00. The van der Waals surface area contributed by atoms with Gasteiger partial charge < -0.3 is 10.2 Å². The maximum atomic E-state index is 10.8. The summed E-state index contributed by atoms with van der Waals surface area (Å²) < 4.78 is 0. The highest BCUT2D eigenvalue weighted by atomic mass is 16.3. The Labute approximate surface area is 100 Å². The lowest BCUT2D eigenvalue weighted by Gasteiger charge is -2.50. The first-order chi connectivity index (χ1) is 7.39. The summed E-state index contributed by atoms with van der Waals surface area (Å²) >= 11 is 0. The van der Waals surface area contributed by atoms with E-state index in [4.69, 9.17) is 0 Å². The summed E-state index contributed by atoms with van der Waals surface area (Å²) in [6, 6.07) is 0. The zero-order valence-corrected chi connectivity index (χ0v) is 11.3. The molecule has 1 fully saturated rings. The first kappa shape index (κ1) is 14.0. The third-order valence-corrected chi connectivity index (χ3v) is 5.18. The van der Waals surface area contributed by atoms with Gasteiger partial charge >= 0.3 is 0 Å². The second-order valence-electron chi connectivity index (χ2n) is 6.11. The number of hydrogen-bond acceptors (Lipinski definition) is 2. The van der Waals surface area contributed by atoms with Gasteiger partial charge in [-0.2, -0.15) is 0 Å². The SMILES string of the molecule is CCC1CCC(O)(C(C)(CO)C(C)C)CC1. The molecule has 0 aromatic carbocycles. The molecule has 0 radical (unpaired) electrons. The molecule has 0 aliphatic heterocycles. The van der Waals surface area contributed by atoms with Crippen LogP contribution in [0.1, 0.15) is 59.8 Å². The van der Waals surface area contributed by atoms with Gasteiger partial charge in [0.25, 0.3) is 0 Å². The zero-order valence-electron chi connectivity index (χ0n) is 11.3. The standard InChI is InChI=1S/C14H28O2/c1-5-12-6-8-14(16,9-7-12)13(4,10-15)11(2)3/h11-12,15-16H,5-10H2,1-4H3. The van der Waals surface area contributed by atoms with Gasteiger partial charge in [-0.15, -0.1) is 0 Å². The van der Waals surface area contributed by atoms with E-state index in [1.165, 1.54) is 6.42 Å². The molecule has 1 atom stereocenters. The second kappa shape index (κ2) is 5.05. The highest BCUT2D eigenvalue weighted by Gasteiger charge is 2.49. The normalized spacial score (nSPS) is 35.1. The first-order valence-corrected chi connectivity index (χ1v) is 6.73. The Balaban J connectivity index is 2.78. The zero-order chi connectivity index (χ0) is 12.4. The highest BCUT2D eigenvalue weighted by molar-refractivity contribution is 5.00. The molecule has 2 heteroatoms. The Morgan fingerprint density at radius 3 is 2.12 bits per heavy atom. The van der Waals surface area contributed by atoms with Gasteiger partial charge in [-0.05, 0) is 37.5 Å². The molecule has 96 valence electrons. The number of rotatable bonds is 4. The average molecular weight is 228 g/mol. The van der Waals surface area contributed by atoms with E-state index in [1.54, 1.807) is 0 Å². The molecule has 0 aromatic heterocycles. The quantitative estimate of drug-likeness (QED) is 0.776. The average Bonchev–Trinajstić information content (AvgIpc) is 2.28. The van der Waals surface area contributed by atoms with Crippen molar-refractivity contribution in [2.75, 3.05) is 6.61 Å². The molecule has 0 amide bonds. The molecule has 16 heavy (non-hydrogen) atoms. The third kappa shape index (κ3) is 2.28. The van der Waals surface area contributed by atoms with Gasteiger partial charge in [-0.1, -0.05) is 34.1 Å². The van der Waals surface area contributed by atoms with Crippen molar-refractivity contribution >= 4 is 0 Å². The molecular weight excluding hydrogens is 200 g/mol. The van der Waals surface area contributed by atoms with Crippen molar-refractivity contribution in [2.45, 2.75) is 65.4 Å². The van der Waals surface area contributed by atoms with Crippen LogP contribution >= 0.6 is 0 Å². The van der Waals surface area contributed by atoms with Crippen molar-refractivity contribution in [3.05, 3.63) is 0 Å². The highest BCUT2D eigenvalue weighted by Crippen LogP contribution is 2.48. The topological polar surface area (TPSA) is 40.5 Å². The van der Waals surface area contributed by atoms with Crippen molar-refractivity contribution in [3.8, 4) is 0 Å².